The number of anilines is 1. The number of carbonyl (C=O) groups excluding carboxylic acids is 1. The van der Waals surface area contributed by atoms with Crippen LogP contribution in [-0.4, -0.2) is 86.2 Å². The van der Waals surface area contributed by atoms with Crippen molar-refractivity contribution in [3.8, 4) is 0 Å². The maximum atomic E-state index is 12.9. The average molecular weight is 458 g/mol. The molecular formula is C22H27N5O4S. The van der Waals surface area contributed by atoms with Crippen molar-refractivity contribution in [2.24, 2.45) is 0 Å². The molecule has 32 heavy (non-hydrogen) atoms. The van der Waals surface area contributed by atoms with Gasteiger partial charge in [0.05, 0.1) is 23.8 Å². The third kappa shape index (κ3) is 4.35. The fourth-order valence-corrected chi connectivity index (χ4v) is 5.54. The van der Waals surface area contributed by atoms with Gasteiger partial charge in [0.15, 0.2) is 5.82 Å². The molecule has 0 atom stereocenters. The van der Waals surface area contributed by atoms with Gasteiger partial charge in [-0.1, -0.05) is 0 Å². The molecule has 3 fully saturated rings. The molecule has 0 N–H and O–H groups in total. The molecule has 170 valence electrons. The van der Waals surface area contributed by atoms with E-state index in [-0.39, 0.29) is 10.8 Å². The predicted octanol–water partition coefficient (Wildman–Crippen LogP) is 1.34. The minimum Gasteiger partial charge on any atom is -0.379 e. The number of sulfonamides is 1. The molecule has 5 rings (SSSR count). The highest BCUT2D eigenvalue weighted by Crippen LogP contribution is 2.38. The number of ether oxygens (including phenoxy) is 1. The van der Waals surface area contributed by atoms with Crippen LogP contribution in [0.1, 0.15) is 34.8 Å². The van der Waals surface area contributed by atoms with Crippen LogP contribution in [-0.2, 0) is 14.8 Å². The lowest BCUT2D eigenvalue weighted by Gasteiger charge is -2.35. The van der Waals surface area contributed by atoms with Gasteiger partial charge >= 0.3 is 0 Å². The zero-order valence-electron chi connectivity index (χ0n) is 17.9. The first-order valence-corrected chi connectivity index (χ1v) is 12.5. The van der Waals surface area contributed by atoms with Crippen LogP contribution >= 0.6 is 0 Å². The summed E-state index contributed by atoms with van der Waals surface area (Å²) < 4.78 is 32.2. The maximum Gasteiger partial charge on any atom is 0.253 e. The molecule has 10 heteroatoms. The summed E-state index contributed by atoms with van der Waals surface area (Å²) in [5, 5.41) is 8.71. The largest absolute Gasteiger partial charge is 0.379 e. The monoisotopic (exact) mass is 457 g/mol. The number of carbonyl (C=O) groups is 1. The van der Waals surface area contributed by atoms with Gasteiger partial charge in [0.1, 0.15) is 0 Å². The number of morpholine rings is 1. The van der Waals surface area contributed by atoms with Gasteiger partial charge in [0.2, 0.25) is 10.0 Å². The van der Waals surface area contributed by atoms with Gasteiger partial charge in [-0.05, 0) is 49.2 Å². The number of amides is 1. The van der Waals surface area contributed by atoms with Gasteiger partial charge in [-0.2, -0.15) is 9.40 Å². The van der Waals surface area contributed by atoms with Gasteiger partial charge < -0.3 is 14.5 Å². The van der Waals surface area contributed by atoms with E-state index in [4.69, 9.17) is 4.74 Å². The number of hydrogen-bond acceptors (Lipinski definition) is 7. The Bertz CT molecular complexity index is 1060. The van der Waals surface area contributed by atoms with Crippen LogP contribution in [0.15, 0.2) is 41.3 Å². The van der Waals surface area contributed by atoms with Crippen molar-refractivity contribution in [1.82, 2.24) is 19.4 Å². The normalized spacial score (nSPS) is 20.4. The molecule has 2 aliphatic heterocycles. The molecule has 1 amide bonds. The number of benzene rings is 1. The molecule has 9 nitrogen and oxygen atoms in total. The van der Waals surface area contributed by atoms with Crippen LogP contribution in [0, 0.1) is 0 Å². The quantitative estimate of drug-likeness (QED) is 0.668. The Morgan fingerprint density at radius 3 is 2.16 bits per heavy atom. The molecule has 1 saturated carbocycles. The summed E-state index contributed by atoms with van der Waals surface area (Å²) in [7, 11) is -3.56. The summed E-state index contributed by atoms with van der Waals surface area (Å²) in [5.41, 5.74) is 1.56. The Kier molecular flexibility index (Phi) is 5.83. The van der Waals surface area contributed by atoms with E-state index in [1.54, 1.807) is 17.0 Å². The molecule has 0 radical (unpaired) electrons. The average Bonchev–Trinajstić information content (AvgIpc) is 3.70. The second kappa shape index (κ2) is 8.76. The van der Waals surface area contributed by atoms with Crippen molar-refractivity contribution in [2.45, 2.75) is 23.7 Å². The van der Waals surface area contributed by atoms with E-state index in [0.717, 1.165) is 11.5 Å². The number of rotatable bonds is 5. The zero-order valence-corrected chi connectivity index (χ0v) is 18.7. The Morgan fingerprint density at radius 2 is 1.56 bits per heavy atom. The van der Waals surface area contributed by atoms with Crippen molar-refractivity contribution in [3.05, 3.63) is 47.7 Å². The minimum atomic E-state index is -3.56. The number of nitrogens with zero attached hydrogens (tertiary/aromatic N) is 5. The highest BCUT2D eigenvalue weighted by atomic mass is 32.2. The summed E-state index contributed by atoms with van der Waals surface area (Å²) in [6, 6.07) is 10.3. The molecule has 2 saturated heterocycles. The summed E-state index contributed by atoms with van der Waals surface area (Å²) in [4.78, 5) is 17.1. The topological polar surface area (TPSA) is 95.9 Å². The van der Waals surface area contributed by atoms with Crippen molar-refractivity contribution in [3.63, 3.8) is 0 Å². The molecule has 2 aromatic rings. The van der Waals surface area contributed by atoms with Crippen molar-refractivity contribution in [1.29, 1.82) is 0 Å². The van der Waals surface area contributed by atoms with E-state index in [1.807, 2.05) is 6.07 Å². The molecule has 0 unspecified atom stereocenters. The Labute approximate surface area is 188 Å². The van der Waals surface area contributed by atoms with Gasteiger partial charge in [-0.15, -0.1) is 5.10 Å². The first-order chi connectivity index (χ1) is 15.5. The minimum absolute atomic E-state index is 0.0878. The van der Waals surface area contributed by atoms with Crippen LogP contribution in [0.2, 0.25) is 0 Å². The number of piperazine rings is 1. The molecule has 3 aliphatic rings. The Balaban J connectivity index is 1.19. The van der Waals surface area contributed by atoms with Crippen LogP contribution in [0.5, 0.6) is 0 Å². The van der Waals surface area contributed by atoms with Crippen LogP contribution in [0.25, 0.3) is 0 Å². The molecule has 1 aromatic heterocycles. The lowest BCUT2D eigenvalue weighted by Crippen LogP contribution is -2.49. The molecular weight excluding hydrogens is 430 g/mol. The van der Waals surface area contributed by atoms with Crippen molar-refractivity contribution < 1.29 is 17.9 Å². The van der Waals surface area contributed by atoms with Gasteiger partial charge in [0.25, 0.3) is 5.91 Å². The van der Waals surface area contributed by atoms with Gasteiger partial charge in [-0.25, -0.2) is 8.42 Å². The summed E-state index contributed by atoms with van der Waals surface area (Å²) >= 11 is 0. The van der Waals surface area contributed by atoms with E-state index >= 15 is 0 Å². The fourth-order valence-electron chi connectivity index (χ4n) is 4.13. The van der Waals surface area contributed by atoms with E-state index in [1.165, 1.54) is 29.3 Å². The smallest absolute Gasteiger partial charge is 0.253 e. The van der Waals surface area contributed by atoms with Crippen LogP contribution < -0.4 is 4.90 Å². The van der Waals surface area contributed by atoms with Crippen molar-refractivity contribution in [2.75, 3.05) is 57.4 Å². The second-order valence-corrected chi connectivity index (χ2v) is 10.3. The molecule has 3 heterocycles. The van der Waals surface area contributed by atoms with E-state index in [9.17, 15) is 13.2 Å². The zero-order chi connectivity index (χ0) is 22.1. The second-order valence-electron chi connectivity index (χ2n) is 8.41. The maximum absolute atomic E-state index is 12.9. The lowest BCUT2D eigenvalue weighted by atomic mass is 10.2. The highest BCUT2D eigenvalue weighted by Gasteiger charge is 2.28. The van der Waals surface area contributed by atoms with Gasteiger partial charge in [0, 0.05) is 50.7 Å². The van der Waals surface area contributed by atoms with Gasteiger partial charge in [-0.3, -0.25) is 4.79 Å². The van der Waals surface area contributed by atoms with E-state index in [2.05, 4.69) is 21.2 Å². The van der Waals surface area contributed by atoms with E-state index in [0.29, 0.717) is 64.0 Å². The summed E-state index contributed by atoms with van der Waals surface area (Å²) in [6.45, 7) is 4.04. The third-order valence-corrected chi connectivity index (χ3v) is 8.18. The SMILES string of the molecule is O=C(c1ccc(S(=O)(=O)N2CCOCC2)cc1)N1CCN(c2ccc(C3CC3)nn2)CC1. The molecule has 1 aromatic carbocycles. The first kappa shape index (κ1) is 21.3. The van der Waals surface area contributed by atoms with Crippen molar-refractivity contribution >= 4 is 21.7 Å². The lowest BCUT2D eigenvalue weighted by molar-refractivity contribution is 0.0730. The standard InChI is InChI=1S/C22H27N5O4S/c28-22(18-3-5-19(6-4-18)32(29,30)27-13-15-31-16-14-27)26-11-9-25(10-12-26)21-8-7-20(23-24-21)17-1-2-17/h3-8,17H,1-2,9-16H2. The molecule has 0 spiro atoms. The summed E-state index contributed by atoms with van der Waals surface area (Å²) in [5.74, 6) is 1.34. The van der Waals surface area contributed by atoms with E-state index < -0.39 is 10.0 Å². The first-order valence-electron chi connectivity index (χ1n) is 11.1. The van der Waals surface area contributed by atoms with Crippen LogP contribution in [0.4, 0.5) is 5.82 Å². The summed E-state index contributed by atoms with van der Waals surface area (Å²) in [6.07, 6.45) is 2.41. The van der Waals surface area contributed by atoms with Crippen LogP contribution in [0.3, 0.4) is 0 Å². The number of hydrogen-bond donors (Lipinski definition) is 0. The number of aromatic nitrogens is 2. The third-order valence-electron chi connectivity index (χ3n) is 6.27. The molecule has 1 aliphatic carbocycles. The Morgan fingerprint density at radius 1 is 0.875 bits per heavy atom. The predicted molar refractivity (Wildman–Crippen MR) is 118 cm³/mol. The Hall–Kier alpha value is -2.56. The highest BCUT2D eigenvalue weighted by molar-refractivity contribution is 7.89. The fraction of sp³-hybridized carbons (Fsp3) is 0.500. The molecule has 0 bridgehead atoms.